The second-order valence-corrected chi connectivity index (χ2v) is 5.08. The van der Waals surface area contributed by atoms with Gasteiger partial charge in [0.05, 0.1) is 5.69 Å². The van der Waals surface area contributed by atoms with Crippen LogP contribution in [0.4, 0.5) is 0 Å². The lowest BCUT2D eigenvalue weighted by Crippen LogP contribution is -2.33. The summed E-state index contributed by atoms with van der Waals surface area (Å²) in [5.74, 6) is 2.66. The number of aryl methyl sites for hydroxylation is 1. The highest BCUT2D eigenvalue weighted by molar-refractivity contribution is 5.45. The first-order chi connectivity index (χ1) is 7.20. The summed E-state index contributed by atoms with van der Waals surface area (Å²) >= 11 is 0. The van der Waals surface area contributed by atoms with Gasteiger partial charge in [-0.15, -0.1) is 0 Å². The van der Waals surface area contributed by atoms with Crippen molar-refractivity contribution in [1.82, 2.24) is 4.98 Å². The molecular formula is C14H17N. The van der Waals surface area contributed by atoms with E-state index >= 15 is 0 Å². The van der Waals surface area contributed by atoms with Crippen molar-refractivity contribution in [2.24, 2.45) is 11.8 Å². The maximum absolute atomic E-state index is 4.60. The zero-order valence-electron chi connectivity index (χ0n) is 9.57. The molecule has 0 amide bonds. The smallest absolute Gasteiger partial charge is 0.0515 e. The third-order valence-corrected chi connectivity index (χ3v) is 4.38. The Bertz CT molecular complexity index is 433. The Morgan fingerprint density at radius 3 is 2.53 bits per heavy atom. The minimum absolute atomic E-state index is 0.555. The maximum atomic E-state index is 4.60. The number of pyridine rings is 1. The quantitative estimate of drug-likeness (QED) is 0.583. The van der Waals surface area contributed by atoms with Crippen molar-refractivity contribution in [3.05, 3.63) is 41.2 Å². The Hall–Kier alpha value is -1.11. The summed E-state index contributed by atoms with van der Waals surface area (Å²) in [5, 5.41) is 0. The van der Waals surface area contributed by atoms with Crippen LogP contribution in [0, 0.1) is 18.8 Å². The van der Waals surface area contributed by atoms with Crippen molar-refractivity contribution in [3.8, 4) is 0 Å². The van der Waals surface area contributed by atoms with Gasteiger partial charge in [0, 0.05) is 18.0 Å². The number of nitrogens with zero attached hydrogens (tertiary/aromatic N) is 1. The van der Waals surface area contributed by atoms with E-state index in [2.05, 4.69) is 44.0 Å². The van der Waals surface area contributed by atoms with Crippen molar-refractivity contribution in [2.75, 3.05) is 0 Å². The monoisotopic (exact) mass is 199 g/mol. The van der Waals surface area contributed by atoms with Crippen molar-refractivity contribution >= 4 is 0 Å². The molecule has 4 rings (SSSR count). The molecule has 3 aliphatic carbocycles. The molecule has 0 N–H and O–H groups in total. The molecule has 0 aliphatic heterocycles. The molecule has 4 atom stereocenters. The lowest BCUT2D eigenvalue weighted by atomic mass is 9.62. The van der Waals surface area contributed by atoms with Crippen LogP contribution in [0.3, 0.4) is 0 Å². The number of fused-ring (bicyclic) bond motifs is 1. The summed E-state index contributed by atoms with van der Waals surface area (Å²) in [4.78, 5) is 4.60. The van der Waals surface area contributed by atoms with Crippen LogP contribution in [0.2, 0.25) is 0 Å². The molecule has 2 bridgehead atoms. The highest BCUT2D eigenvalue weighted by atomic mass is 14.7. The maximum Gasteiger partial charge on any atom is 0.0515 e. The van der Waals surface area contributed by atoms with E-state index in [0.29, 0.717) is 11.8 Å². The van der Waals surface area contributed by atoms with E-state index in [0.717, 1.165) is 11.8 Å². The second-order valence-electron chi connectivity index (χ2n) is 5.08. The van der Waals surface area contributed by atoms with Crippen LogP contribution in [0.1, 0.15) is 42.5 Å². The molecule has 0 saturated carbocycles. The van der Waals surface area contributed by atoms with Crippen molar-refractivity contribution in [2.45, 2.75) is 32.6 Å². The summed E-state index contributed by atoms with van der Waals surface area (Å²) < 4.78 is 0. The van der Waals surface area contributed by atoms with Crippen molar-refractivity contribution in [1.29, 1.82) is 0 Å². The second kappa shape index (κ2) is 2.94. The number of aromatic nitrogens is 1. The average molecular weight is 199 g/mol. The molecule has 0 fully saturated rings. The molecule has 1 heterocycles. The van der Waals surface area contributed by atoms with Gasteiger partial charge in [0.15, 0.2) is 0 Å². The topological polar surface area (TPSA) is 12.9 Å². The molecular weight excluding hydrogens is 182 g/mol. The third-order valence-electron chi connectivity index (χ3n) is 4.38. The van der Waals surface area contributed by atoms with Gasteiger partial charge in [0.25, 0.3) is 0 Å². The van der Waals surface area contributed by atoms with Gasteiger partial charge in [-0.3, -0.25) is 4.98 Å². The lowest BCUT2D eigenvalue weighted by Gasteiger charge is -2.43. The molecule has 0 aromatic carbocycles. The summed E-state index contributed by atoms with van der Waals surface area (Å²) in [6, 6.07) is 2.14. The molecule has 3 aliphatic rings. The van der Waals surface area contributed by atoms with Crippen LogP contribution in [0.5, 0.6) is 0 Å². The minimum Gasteiger partial charge on any atom is -0.260 e. The average Bonchev–Trinajstić information content (AvgIpc) is 2.24. The molecule has 1 aromatic heterocycles. The van der Waals surface area contributed by atoms with Crippen molar-refractivity contribution < 1.29 is 0 Å². The first kappa shape index (κ1) is 9.14. The van der Waals surface area contributed by atoms with Crippen LogP contribution in [-0.4, -0.2) is 4.98 Å². The summed E-state index contributed by atoms with van der Waals surface area (Å²) in [7, 11) is 0. The van der Waals surface area contributed by atoms with Gasteiger partial charge in [0.1, 0.15) is 0 Å². The third kappa shape index (κ3) is 1.06. The van der Waals surface area contributed by atoms with Gasteiger partial charge in [0.2, 0.25) is 0 Å². The van der Waals surface area contributed by atoms with E-state index in [4.69, 9.17) is 0 Å². The summed E-state index contributed by atoms with van der Waals surface area (Å²) in [6.07, 6.45) is 6.72. The van der Waals surface area contributed by atoms with E-state index in [1.165, 1.54) is 16.8 Å². The molecule has 1 nitrogen and oxygen atoms in total. The Morgan fingerprint density at radius 1 is 1.07 bits per heavy atom. The fourth-order valence-corrected chi connectivity index (χ4v) is 3.23. The predicted molar refractivity (Wildman–Crippen MR) is 61.9 cm³/mol. The van der Waals surface area contributed by atoms with Gasteiger partial charge < -0.3 is 0 Å². The molecule has 0 spiro atoms. The zero-order valence-corrected chi connectivity index (χ0v) is 9.57. The van der Waals surface area contributed by atoms with Crippen LogP contribution in [-0.2, 0) is 0 Å². The minimum atomic E-state index is 0.555. The Kier molecular flexibility index (Phi) is 1.79. The predicted octanol–water partition coefficient (Wildman–Crippen LogP) is 3.41. The first-order valence-corrected chi connectivity index (χ1v) is 5.84. The number of hydrogen-bond donors (Lipinski definition) is 0. The standard InChI is InChI=1S/C14H17N/c1-8-6-7-15-14-12-5-4-11(13(8)14)9(2)10(12)3/h4-7,9-12H,1-3H3. The number of allylic oxidation sites excluding steroid dienone is 2. The van der Waals surface area contributed by atoms with Gasteiger partial charge in [-0.1, -0.05) is 26.0 Å². The Morgan fingerprint density at radius 2 is 1.73 bits per heavy atom. The van der Waals surface area contributed by atoms with Crippen LogP contribution >= 0.6 is 0 Å². The molecule has 1 heteroatoms. The molecule has 4 unspecified atom stereocenters. The van der Waals surface area contributed by atoms with Gasteiger partial charge in [-0.05, 0) is 36.0 Å². The van der Waals surface area contributed by atoms with Crippen LogP contribution in [0.15, 0.2) is 24.4 Å². The fourth-order valence-electron chi connectivity index (χ4n) is 3.23. The Labute approximate surface area is 91.2 Å². The highest BCUT2D eigenvalue weighted by Gasteiger charge is 2.40. The van der Waals surface area contributed by atoms with E-state index in [-0.39, 0.29) is 0 Å². The molecule has 0 radical (unpaired) electrons. The van der Waals surface area contributed by atoms with Gasteiger partial charge in [-0.2, -0.15) is 0 Å². The number of rotatable bonds is 0. The molecule has 0 saturated heterocycles. The summed E-state index contributed by atoms with van der Waals surface area (Å²) in [5.41, 5.74) is 4.27. The SMILES string of the molecule is Cc1ccnc2c1C1C=CC2C(C)C1C. The van der Waals surface area contributed by atoms with E-state index in [1.54, 1.807) is 0 Å². The first-order valence-electron chi connectivity index (χ1n) is 5.84. The van der Waals surface area contributed by atoms with Crippen LogP contribution in [0.25, 0.3) is 0 Å². The van der Waals surface area contributed by atoms with Gasteiger partial charge >= 0.3 is 0 Å². The van der Waals surface area contributed by atoms with E-state index in [9.17, 15) is 0 Å². The zero-order chi connectivity index (χ0) is 10.6. The molecule has 78 valence electrons. The molecule has 15 heavy (non-hydrogen) atoms. The van der Waals surface area contributed by atoms with Crippen LogP contribution < -0.4 is 0 Å². The van der Waals surface area contributed by atoms with E-state index in [1.807, 2.05) is 6.20 Å². The highest BCUT2D eigenvalue weighted by Crippen LogP contribution is 2.51. The Balaban J connectivity index is 2.25. The number of hydrogen-bond acceptors (Lipinski definition) is 1. The normalized spacial score (nSPS) is 36.7. The lowest BCUT2D eigenvalue weighted by molar-refractivity contribution is 0.282. The van der Waals surface area contributed by atoms with E-state index < -0.39 is 0 Å². The fraction of sp³-hybridized carbons (Fsp3) is 0.500. The molecule has 1 aromatic rings. The van der Waals surface area contributed by atoms with Crippen molar-refractivity contribution in [3.63, 3.8) is 0 Å². The summed E-state index contributed by atoms with van der Waals surface area (Å²) in [6.45, 7) is 6.95. The van der Waals surface area contributed by atoms with Gasteiger partial charge in [-0.25, -0.2) is 0 Å². The largest absolute Gasteiger partial charge is 0.260 e.